The van der Waals surface area contributed by atoms with Crippen molar-refractivity contribution in [1.82, 2.24) is 0 Å². The lowest BCUT2D eigenvalue weighted by molar-refractivity contribution is -0.132. The van der Waals surface area contributed by atoms with Gasteiger partial charge in [0.15, 0.2) is 0 Å². The van der Waals surface area contributed by atoms with Crippen molar-refractivity contribution in [2.45, 2.75) is 19.8 Å². The molecule has 0 amide bonds. The van der Waals surface area contributed by atoms with Gasteiger partial charge >= 0.3 is 5.97 Å². The highest BCUT2D eigenvalue weighted by atomic mass is 16.5. The SMILES string of the molecule is COc1cccc2c1C(C)=C(C(=O)O)CC2. The van der Waals surface area contributed by atoms with Gasteiger partial charge in [0.25, 0.3) is 0 Å². The van der Waals surface area contributed by atoms with Crippen molar-refractivity contribution in [2.24, 2.45) is 0 Å². The predicted octanol–water partition coefficient (Wildman–Crippen LogP) is 2.50. The molecule has 0 radical (unpaired) electrons. The van der Waals surface area contributed by atoms with Crippen LogP contribution in [0.15, 0.2) is 23.8 Å². The Morgan fingerprint density at radius 1 is 1.38 bits per heavy atom. The average molecular weight is 218 g/mol. The number of aryl methyl sites for hydroxylation is 1. The van der Waals surface area contributed by atoms with Gasteiger partial charge in [-0.3, -0.25) is 0 Å². The molecular formula is C13H14O3. The standard InChI is InChI=1S/C13H14O3/c1-8-10(13(14)15)7-6-9-4-3-5-11(16-2)12(8)9/h3-5H,6-7H2,1-2H3,(H,14,15). The lowest BCUT2D eigenvalue weighted by atomic mass is 9.86. The molecule has 0 aliphatic heterocycles. The van der Waals surface area contributed by atoms with Gasteiger partial charge in [0.05, 0.1) is 7.11 Å². The van der Waals surface area contributed by atoms with Crippen LogP contribution in [0.2, 0.25) is 0 Å². The molecule has 0 fully saturated rings. The Balaban J connectivity index is 2.64. The van der Waals surface area contributed by atoms with Crippen LogP contribution in [-0.2, 0) is 11.2 Å². The molecule has 84 valence electrons. The fourth-order valence-corrected chi connectivity index (χ4v) is 2.25. The Morgan fingerprint density at radius 3 is 2.75 bits per heavy atom. The zero-order valence-electron chi connectivity index (χ0n) is 9.41. The maximum absolute atomic E-state index is 11.1. The van der Waals surface area contributed by atoms with Gasteiger partial charge in [-0.2, -0.15) is 0 Å². The highest BCUT2D eigenvalue weighted by Crippen LogP contribution is 2.37. The van der Waals surface area contributed by atoms with Crippen LogP contribution in [0.5, 0.6) is 5.75 Å². The van der Waals surface area contributed by atoms with Gasteiger partial charge in [0.2, 0.25) is 0 Å². The van der Waals surface area contributed by atoms with Crippen LogP contribution in [0.3, 0.4) is 0 Å². The number of benzene rings is 1. The zero-order valence-corrected chi connectivity index (χ0v) is 9.41. The summed E-state index contributed by atoms with van der Waals surface area (Å²) in [4.78, 5) is 11.1. The van der Waals surface area contributed by atoms with Gasteiger partial charge in [0, 0.05) is 11.1 Å². The van der Waals surface area contributed by atoms with Crippen LogP contribution in [-0.4, -0.2) is 18.2 Å². The molecule has 1 aromatic rings. The van der Waals surface area contributed by atoms with Crippen molar-refractivity contribution in [3.63, 3.8) is 0 Å². The molecule has 16 heavy (non-hydrogen) atoms. The number of hydrogen-bond acceptors (Lipinski definition) is 2. The molecular weight excluding hydrogens is 204 g/mol. The van der Waals surface area contributed by atoms with Gasteiger partial charge in [-0.1, -0.05) is 12.1 Å². The second kappa shape index (κ2) is 4.00. The van der Waals surface area contributed by atoms with Crippen LogP contribution in [0, 0.1) is 0 Å². The first kappa shape index (κ1) is 10.7. The maximum Gasteiger partial charge on any atom is 0.331 e. The van der Waals surface area contributed by atoms with Crippen molar-refractivity contribution >= 4 is 11.5 Å². The number of carboxylic acid groups (broad SMARTS) is 1. The van der Waals surface area contributed by atoms with E-state index < -0.39 is 5.97 Å². The Kier molecular flexibility index (Phi) is 2.69. The van der Waals surface area contributed by atoms with E-state index in [0.29, 0.717) is 12.0 Å². The molecule has 1 aromatic carbocycles. The maximum atomic E-state index is 11.1. The predicted molar refractivity (Wildman–Crippen MR) is 61.5 cm³/mol. The molecule has 0 aromatic heterocycles. The Morgan fingerprint density at radius 2 is 2.12 bits per heavy atom. The average Bonchev–Trinajstić information content (AvgIpc) is 2.28. The number of hydrogen-bond donors (Lipinski definition) is 1. The third-order valence-electron chi connectivity index (χ3n) is 3.06. The number of carbonyl (C=O) groups is 1. The minimum atomic E-state index is -0.825. The first-order valence-corrected chi connectivity index (χ1v) is 5.24. The van der Waals surface area contributed by atoms with Crippen molar-refractivity contribution in [2.75, 3.05) is 7.11 Å². The van der Waals surface area contributed by atoms with Crippen molar-refractivity contribution < 1.29 is 14.6 Å². The number of rotatable bonds is 2. The molecule has 0 spiro atoms. The van der Waals surface area contributed by atoms with E-state index in [1.54, 1.807) is 7.11 Å². The number of aliphatic carboxylic acids is 1. The smallest absolute Gasteiger partial charge is 0.331 e. The van der Waals surface area contributed by atoms with Gasteiger partial charge < -0.3 is 9.84 Å². The monoisotopic (exact) mass is 218 g/mol. The summed E-state index contributed by atoms with van der Waals surface area (Å²) in [5.74, 6) is -0.0671. The van der Waals surface area contributed by atoms with E-state index in [9.17, 15) is 4.79 Å². The van der Waals surface area contributed by atoms with Crippen LogP contribution in [0.25, 0.3) is 5.57 Å². The first-order valence-electron chi connectivity index (χ1n) is 5.24. The topological polar surface area (TPSA) is 46.5 Å². The number of allylic oxidation sites excluding steroid dienone is 1. The second-order valence-electron chi connectivity index (χ2n) is 3.90. The Labute approximate surface area is 94.4 Å². The van der Waals surface area contributed by atoms with Crippen LogP contribution < -0.4 is 4.74 Å². The van der Waals surface area contributed by atoms with Crippen LogP contribution >= 0.6 is 0 Å². The fraction of sp³-hybridized carbons (Fsp3) is 0.308. The Bertz CT molecular complexity index is 472. The molecule has 0 heterocycles. The summed E-state index contributed by atoms with van der Waals surface area (Å²) in [5, 5.41) is 9.10. The first-order chi connectivity index (χ1) is 7.65. The van der Waals surface area contributed by atoms with E-state index in [1.165, 1.54) is 5.56 Å². The summed E-state index contributed by atoms with van der Waals surface area (Å²) in [5.41, 5.74) is 3.44. The van der Waals surface area contributed by atoms with E-state index in [2.05, 4.69) is 0 Å². The molecule has 3 nitrogen and oxygen atoms in total. The lowest BCUT2D eigenvalue weighted by Gasteiger charge is -2.21. The number of methoxy groups -OCH3 is 1. The second-order valence-corrected chi connectivity index (χ2v) is 3.90. The zero-order chi connectivity index (χ0) is 11.7. The minimum Gasteiger partial charge on any atom is -0.496 e. The molecule has 1 N–H and O–H groups in total. The number of carboxylic acids is 1. The molecule has 0 saturated carbocycles. The molecule has 1 aliphatic rings. The van der Waals surface area contributed by atoms with E-state index in [4.69, 9.17) is 9.84 Å². The third-order valence-corrected chi connectivity index (χ3v) is 3.06. The van der Waals surface area contributed by atoms with Gasteiger partial charge in [-0.05, 0) is 37.0 Å². The largest absolute Gasteiger partial charge is 0.496 e. The summed E-state index contributed by atoms with van der Waals surface area (Å²) in [7, 11) is 1.61. The normalized spacial score (nSPS) is 14.6. The fourth-order valence-electron chi connectivity index (χ4n) is 2.25. The molecule has 0 saturated heterocycles. The summed E-state index contributed by atoms with van der Waals surface area (Å²) >= 11 is 0. The molecule has 2 rings (SSSR count). The molecule has 1 aliphatic carbocycles. The summed E-state index contributed by atoms with van der Waals surface area (Å²) in [6, 6.07) is 5.84. The third kappa shape index (κ3) is 1.58. The quantitative estimate of drug-likeness (QED) is 0.829. The van der Waals surface area contributed by atoms with Gasteiger partial charge in [-0.25, -0.2) is 4.79 Å². The molecule has 0 atom stereocenters. The number of ether oxygens (including phenoxy) is 1. The van der Waals surface area contributed by atoms with E-state index in [-0.39, 0.29) is 0 Å². The lowest BCUT2D eigenvalue weighted by Crippen LogP contribution is -2.11. The molecule has 0 unspecified atom stereocenters. The van der Waals surface area contributed by atoms with Crippen molar-refractivity contribution in [1.29, 1.82) is 0 Å². The van der Waals surface area contributed by atoms with Crippen molar-refractivity contribution in [3.05, 3.63) is 34.9 Å². The van der Waals surface area contributed by atoms with Crippen LogP contribution in [0.1, 0.15) is 24.5 Å². The summed E-state index contributed by atoms with van der Waals surface area (Å²) < 4.78 is 5.28. The van der Waals surface area contributed by atoms with E-state index in [1.807, 2.05) is 25.1 Å². The van der Waals surface area contributed by atoms with E-state index >= 15 is 0 Å². The summed E-state index contributed by atoms with van der Waals surface area (Å²) in [6.07, 6.45) is 1.37. The van der Waals surface area contributed by atoms with Gasteiger partial charge in [-0.15, -0.1) is 0 Å². The molecule has 0 bridgehead atoms. The Hall–Kier alpha value is -1.77. The van der Waals surface area contributed by atoms with E-state index in [0.717, 1.165) is 23.3 Å². The highest BCUT2D eigenvalue weighted by Gasteiger charge is 2.22. The minimum absolute atomic E-state index is 0.497. The van der Waals surface area contributed by atoms with Crippen molar-refractivity contribution in [3.8, 4) is 5.75 Å². The van der Waals surface area contributed by atoms with Crippen LogP contribution in [0.4, 0.5) is 0 Å². The highest BCUT2D eigenvalue weighted by molar-refractivity contribution is 5.98. The van der Waals surface area contributed by atoms with Gasteiger partial charge in [0.1, 0.15) is 5.75 Å². The summed E-state index contributed by atoms with van der Waals surface area (Å²) in [6.45, 7) is 1.85. The molecule has 3 heteroatoms. The number of fused-ring (bicyclic) bond motifs is 1.